The number of fused-ring (bicyclic) bond motifs is 1. The van der Waals surface area contributed by atoms with E-state index in [0.29, 0.717) is 19.0 Å². The summed E-state index contributed by atoms with van der Waals surface area (Å²) in [6.45, 7) is 5.65. The minimum absolute atomic E-state index is 0.0120. The average Bonchev–Trinajstić information content (AvgIpc) is 2.57. The lowest BCUT2D eigenvalue weighted by Gasteiger charge is -2.47. The normalized spacial score (nSPS) is 27.7. The summed E-state index contributed by atoms with van der Waals surface area (Å²) in [6, 6.07) is 11.5. The minimum atomic E-state index is -0.775. The second kappa shape index (κ2) is 7.56. The highest BCUT2D eigenvalue weighted by atomic mass is 16.3. The molecule has 1 aromatic carbocycles. The molecule has 23 heavy (non-hydrogen) atoms. The third kappa shape index (κ3) is 3.82. The molecule has 0 aliphatic carbocycles. The monoisotopic (exact) mass is 316 g/mol. The summed E-state index contributed by atoms with van der Waals surface area (Å²) in [5, 5.41) is 9.78. The molecule has 3 rings (SSSR count). The molecule has 2 unspecified atom stereocenters. The predicted molar refractivity (Wildman–Crippen MR) is 91.3 cm³/mol. The number of Topliss-reactive ketones (excluding diaryl/α,β-unsaturated/α-hetero) is 1. The van der Waals surface area contributed by atoms with Crippen molar-refractivity contribution in [1.29, 1.82) is 0 Å². The van der Waals surface area contributed by atoms with E-state index in [1.165, 1.54) is 24.8 Å². The molecule has 2 aliphatic heterocycles. The molecule has 2 saturated heterocycles. The Morgan fingerprint density at radius 1 is 1.22 bits per heavy atom. The molecule has 2 aliphatic rings. The molecule has 2 heterocycles. The van der Waals surface area contributed by atoms with Crippen molar-refractivity contribution in [1.82, 2.24) is 9.80 Å². The summed E-state index contributed by atoms with van der Waals surface area (Å²) < 4.78 is 0. The first-order valence-corrected chi connectivity index (χ1v) is 8.93. The lowest BCUT2D eigenvalue weighted by Crippen LogP contribution is -2.60. The predicted octanol–water partition coefficient (Wildman–Crippen LogP) is 2.24. The number of piperazine rings is 1. The van der Waals surface area contributed by atoms with Crippen LogP contribution in [-0.2, 0) is 4.79 Å². The van der Waals surface area contributed by atoms with Gasteiger partial charge >= 0.3 is 0 Å². The summed E-state index contributed by atoms with van der Waals surface area (Å²) >= 11 is 0. The van der Waals surface area contributed by atoms with Crippen LogP contribution in [0.1, 0.15) is 44.2 Å². The van der Waals surface area contributed by atoms with Gasteiger partial charge in [0.25, 0.3) is 0 Å². The Balaban J connectivity index is 1.72. The van der Waals surface area contributed by atoms with Gasteiger partial charge in [0, 0.05) is 44.7 Å². The molecule has 4 nitrogen and oxygen atoms in total. The SMILES string of the molecule is CCCC[C@H](c1ccccc1)N1CCN2CC(O)C(=O)CC2C1. The van der Waals surface area contributed by atoms with E-state index in [4.69, 9.17) is 0 Å². The van der Waals surface area contributed by atoms with Gasteiger partial charge in [0.05, 0.1) is 0 Å². The fourth-order valence-corrected chi connectivity index (χ4v) is 3.96. The molecule has 0 amide bonds. The van der Waals surface area contributed by atoms with Gasteiger partial charge < -0.3 is 5.11 Å². The van der Waals surface area contributed by atoms with Crippen LogP contribution in [0, 0.1) is 0 Å². The molecule has 0 bridgehead atoms. The Kier molecular flexibility index (Phi) is 5.46. The first kappa shape index (κ1) is 16.6. The van der Waals surface area contributed by atoms with E-state index in [-0.39, 0.29) is 11.8 Å². The number of carbonyl (C=O) groups is 1. The molecule has 1 aromatic rings. The zero-order valence-electron chi connectivity index (χ0n) is 14.0. The first-order valence-electron chi connectivity index (χ1n) is 8.93. The van der Waals surface area contributed by atoms with Gasteiger partial charge in [-0.3, -0.25) is 14.6 Å². The highest BCUT2D eigenvalue weighted by Gasteiger charge is 2.38. The Hall–Kier alpha value is -1.23. The number of rotatable bonds is 5. The van der Waals surface area contributed by atoms with E-state index in [1.807, 2.05) is 0 Å². The Bertz CT molecular complexity index is 519. The number of carbonyl (C=O) groups excluding carboxylic acids is 1. The van der Waals surface area contributed by atoms with Gasteiger partial charge in [-0.1, -0.05) is 50.1 Å². The largest absolute Gasteiger partial charge is 0.384 e. The fourth-order valence-electron chi connectivity index (χ4n) is 3.96. The maximum absolute atomic E-state index is 11.9. The van der Waals surface area contributed by atoms with Crippen molar-refractivity contribution in [3.63, 3.8) is 0 Å². The summed E-state index contributed by atoms with van der Waals surface area (Å²) in [5.74, 6) is 0.0120. The van der Waals surface area contributed by atoms with Crippen molar-refractivity contribution in [3.05, 3.63) is 35.9 Å². The van der Waals surface area contributed by atoms with Crippen molar-refractivity contribution in [2.45, 2.75) is 50.8 Å². The molecule has 0 spiro atoms. The topological polar surface area (TPSA) is 43.8 Å². The minimum Gasteiger partial charge on any atom is -0.384 e. The molecular formula is C19H28N2O2. The van der Waals surface area contributed by atoms with Crippen LogP contribution in [0.2, 0.25) is 0 Å². The van der Waals surface area contributed by atoms with Gasteiger partial charge in [0.2, 0.25) is 0 Å². The molecule has 2 fully saturated rings. The van der Waals surface area contributed by atoms with Gasteiger partial charge in [-0.25, -0.2) is 0 Å². The van der Waals surface area contributed by atoms with Crippen molar-refractivity contribution >= 4 is 5.78 Å². The van der Waals surface area contributed by atoms with Crippen molar-refractivity contribution < 1.29 is 9.90 Å². The number of aliphatic hydroxyl groups is 1. The summed E-state index contributed by atoms with van der Waals surface area (Å²) in [7, 11) is 0. The Labute approximate surface area is 139 Å². The third-order valence-corrected chi connectivity index (χ3v) is 5.31. The fraction of sp³-hybridized carbons (Fsp3) is 0.632. The van der Waals surface area contributed by atoms with Crippen molar-refractivity contribution in [2.24, 2.45) is 0 Å². The van der Waals surface area contributed by atoms with E-state index >= 15 is 0 Å². The van der Waals surface area contributed by atoms with Gasteiger partial charge in [0.1, 0.15) is 6.10 Å². The Morgan fingerprint density at radius 3 is 2.74 bits per heavy atom. The van der Waals surface area contributed by atoms with Crippen LogP contribution >= 0.6 is 0 Å². The number of hydrogen-bond acceptors (Lipinski definition) is 4. The van der Waals surface area contributed by atoms with E-state index in [1.54, 1.807) is 0 Å². The highest BCUT2D eigenvalue weighted by molar-refractivity contribution is 5.84. The van der Waals surface area contributed by atoms with Gasteiger partial charge in [-0.05, 0) is 12.0 Å². The molecule has 1 N–H and O–H groups in total. The molecule has 0 radical (unpaired) electrons. The van der Waals surface area contributed by atoms with Crippen molar-refractivity contribution in [3.8, 4) is 0 Å². The lowest BCUT2D eigenvalue weighted by atomic mass is 9.93. The van der Waals surface area contributed by atoms with E-state index in [9.17, 15) is 9.90 Å². The summed E-state index contributed by atoms with van der Waals surface area (Å²) in [6.07, 6.45) is 3.32. The lowest BCUT2D eigenvalue weighted by molar-refractivity contribution is -0.136. The number of unbranched alkanes of at least 4 members (excludes halogenated alkanes) is 1. The number of ketones is 1. The molecular weight excluding hydrogens is 288 g/mol. The van der Waals surface area contributed by atoms with Gasteiger partial charge in [0.15, 0.2) is 5.78 Å². The van der Waals surface area contributed by atoms with E-state index in [2.05, 4.69) is 47.1 Å². The standard InChI is InChI=1S/C19H28N2O2/c1-2-3-9-17(15-7-5-4-6-8-15)21-11-10-20-14-19(23)18(22)12-16(20)13-21/h4-8,16-17,19,23H,2-3,9-14H2,1H3/t16?,17-,19?/m1/s1. The van der Waals surface area contributed by atoms with Gasteiger partial charge in [-0.2, -0.15) is 0 Å². The quantitative estimate of drug-likeness (QED) is 0.905. The number of benzene rings is 1. The zero-order chi connectivity index (χ0) is 16.2. The second-order valence-corrected chi connectivity index (χ2v) is 6.90. The van der Waals surface area contributed by atoms with Crippen LogP contribution in [0.5, 0.6) is 0 Å². The van der Waals surface area contributed by atoms with Crippen LogP contribution in [0.4, 0.5) is 0 Å². The molecule has 0 aromatic heterocycles. The number of aliphatic hydroxyl groups excluding tert-OH is 1. The number of hydrogen-bond donors (Lipinski definition) is 1. The summed E-state index contributed by atoms with van der Waals surface area (Å²) in [5.41, 5.74) is 1.39. The zero-order valence-corrected chi connectivity index (χ0v) is 14.0. The van der Waals surface area contributed by atoms with Crippen LogP contribution in [0.25, 0.3) is 0 Å². The van der Waals surface area contributed by atoms with E-state index in [0.717, 1.165) is 19.6 Å². The number of nitrogens with zero attached hydrogens (tertiary/aromatic N) is 2. The molecule has 126 valence electrons. The maximum atomic E-state index is 11.9. The second-order valence-electron chi connectivity index (χ2n) is 6.90. The van der Waals surface area contributed by atoms with Crippen LogP contribution in [0.15, 0.2) is 30.3 Å². The van der Waals surface area contributed by atoms with Crippen molar-refractivity contribution in [2.75, 3.05) is 26.2 Å². The average molecular weight is 316 g/mol. The molecule has 4 heteroatoms. The highest BCUT2D eigenvalue weighted by Crippen LogP contribution is 2.30. The smallest absolute Gasteiger partial charge is 0.164 e. The van der Waals surface area contributed by atoms with Crippen LogP contribution in [-0.4, -0.2) is 59.0 Å². The van der Waals surface area contributed by atoms with Crippen LogP contribution in [0.3, 0.4) is 0 Å². The Morgan fingerprint density at radius 2 is 2.00 bits per heavy atom. The summed E-state index contributed by atoms with van der Waals surface area (Å²) in [4.78, 5) is 16.7. The first-order chi connectivity index (χ1) is 11.2. The van der Waals surface area contributed by atoms with Gasteiger partial charge in [-0.15, -0.1) is 0 Å². The molecule has 0 saturated carbocycles. The third-order valence-electron chi connectivity index (χ3n) is 5.31. The molecule has 3 atom stereocenters. The van der Waals surface area contributed by atoms with E-state index < -0.39 is 6.10 Å². The number of piperidine rings is 1. The van der Waals surface area contributed by atoms with Crippen LogP contribution < -0.4 is 0 Å². The maximum Gasteiger partial charge on any atom is 0.164 e.